The van der Waals surface area contributed by atoms with Gasteiger partial charge in [0.15, 0.2) is 0 Å². The monoisotopic (exact) mass is 379 g/mol. The fourth-order valence-electron chi connectivity index (χ4n) is 1.90. The molecule has 1 amide bonds. The minimum atomic E-state index is -0.332. The Morgan fingerprint density at radius 2 is 2.09 bits per heavy atom. The van der Waals surface area contributed by atoms with Gasteiger partial charge in [-0.25, -0.2) is 4.98 Å². The van der Waals surface area contributed by atoms with E-state index in [9.17, 15) is 4.79 Å². The first-order valence-corrected chi connectivity index (χ1v) is 7.98. The Morgan fingerprint density at radius 1 is 1.39 bits per heavy atom. The van der Waals surface area contributed by atoms with Crippen molar-refractivity contribution >= 4 is 42.1 Å². The molecule has 0 fully saturated rings. The quantitative estimate of drug-likeness (QED) is 0.771. The SMILES string of the molecule is CCC(N)(CC)CNC(=O)Cc1coc(-c2cccs2)n1.Cl.Cl. The highest BCUT2D eigenvalue weighted by Crippen LogP contribution is 2.23. The number of rotatable bonds is 7. The third kappa shape index (κ3) is 6.14. The Hall–Kier alpha value is -1.08. The fraction of sp³-hybridized carbons (Fsp3) is 0.467. The molecule has 0 aliphatic heterocycles. The molecule has 0 spiro atoms. The van der Waals surface area contributed by atoms with Crippen molar-refractivity contribution < 1.29 is 9.21 Å². The molecule has 2 rings (SSSR count). The van der Waals surface area contributed by atoms with Crippen LogP contribution >= 0.6 is 36.2 Å². The number of hydrogen-bond acceptors (Lipinski definition) is 5. The zero-order chi connectivity index (χ0) is 15.3. The fourth-order valence-corrected chi connectivity index (χ4v) is 2.56. The van der Waals surface area contributed by atoms with Gasteiger partial charge >= 0.3 is 0 Å². The lowest BCUT2D eigenvalue weighted by Crippen LogP contribution is -2.49. The van der Waals surface area contributed by atoms with Crippen LogP contribution < -0.4 is 11.1 Å². The Kier molecular flexibility index (Phi) is 9.46. The molecule has 8 heteroatoms. The van der Waals surface area contributed by atoms with Crippen LogP contribution in [-0.2, 0) is 11.2 Å². The number of hydrogen-bond donors (Lipinski definition) is 2. The molecule has 0 saturated carbocycles. The number of carbonyl (C=O) groups excluding carboxylic acids is 1. The number of nitrogens with zero attached hydrogens (tertiary/aromatic N) is 1. The molecule has 3 N–H and O–H groups in total. The summed E-state index contributed by atoms with van der Waals surface area (Å²) in [6.07, 6.45) is 3.40. The van der Waals surface area contributed by atoms with E-state index in [2.05, 4.69) is 10.3 Å². The molecule has 0 aliphatic carbocycles. The highest BCUT2D eigenvalue weighted by atomic mass is 35.5. The third-order valence-corrected chi connectivity index (χ3v) is 4.53. The average molecular weight is 380 g/mol. The summed E-state index contributed by atoms with van der Waals surface area (Å²) in [5, 5.41) is 4.84. The summed E-state index contributed by atoms with van der Waals surface area (Å²) >= 11 is 1.55. The summed E-state index contributed by atoms with van der Waals surface area (Å²) in [7, 11) is 0. The minimum absolute atomic E-state index is 0. The van der Waals surface area contributed by atoms with Gasteiger partial charge in [0.05, 0.1) is 17.0 Å². The van der Waals surface area contributed by atoms with Gasteiger partial charge in [-0.2, -0.15) is 0 Å². The molecule has 0 aromatic carbocycles. The van der Waals surface area contributed by atoms with E-state index in [4.69, 9.17) is 10.2 Å². The first kappa shape index (κ1) is 21.9. The Bertz CT molecular complexity index is 583. The van der Waals surface area contributed by atoms with Gasteiger partial charge in [-0.3, -0.25) is 4.79 Å². The second-order valence-electron chi connectivity index (χ2n) is 5.14. The molecule has 0 unspecified atom stereocenters. The van der Waals surface area contributed by atoms with Crippen molar-refractivity contribution in [3.8, 4) is 10.8 Å². The number of thiophene rings is 1. The van der Waals surface area contributed by atoms with E-state index < -0.39 is 0 Å². The Labute approximate surface area is 152 Å². The Morgan fingerprint density at radius 3 is 2.65 bits per heavy atom. The molecule has 2 aromatic rings. The largest absolute Gasteiger partial charge is 0.444 e. The minimum Gasteiger partial charge on any atom is -0.444 e. The molecule has 0 radical (unpaired) electrons. The second-order valence-corrected chi connectivity index (χ2v) is 6.09. The normalized spacial score (nSPS) is 10.6. The lowest BCUT2D eigenvalue weighted by molar-refractivity contribution is -0.120. The molecule has 2 heterocycles. The molecule has 0 saturated heterocycles. The highest BCUT2D eigenvalue weighted by molar-refractivity contribution is 7.13. The Balaban J connectivity index is 0.00000242. The van der Waals surface area contributed by atoms with Crippen molar-refractivity contribution in [1.82, 2.24) is 10.3 Å². The van der Waals surface area contributed by atoms with Crippen LogP contribution in [0.5, 0.6) is 0 Å². The molecular formula is C15H23Cl2N3O2S. The van der Waals surface area contributed by atoms with Gasteiger partial charge < -0.3 is 15.5 Å². The van der Waals surface area contributed by atoms with Crippen LogP contribution in [0.1, 0.15) is 32.4 Å². The topological polar surface area (TPSA) is 81.1 Å². The first-order chi connectivity index (χ1) is 10.1. The molecular weight excluding hydrogens is 357 g/mol. The van der Waals surface area contributed by atoms with Crippen LogP contribution in [0.4, 0.5) is 0 Å². The number of oxazole rings is 1. The summed E-state index contributed by atoms with van der Waals surface area (Å²) in [4.78, 5) is 17.2. The third-order valence-electron chi connectivity index (χ3n) is 3.67. The summed E-state index contributed by atoms with van der Waals surface area (Å²) in [5.41, 5.74) is 6.46. The van der Waals surface area contributed by atoms with Crippen molar-refractivity contribution in [1.29, 1.82) is 0 Å². The maximum Gasteiger partial charge on any atom is 0.236 e. The van der Waals surface area contributed by atoms with Gasteiger partial charge in [0, 0.05) is 12.1 Å². The maximum atomic E-state index is 11.9. The number of halogens is 2. The van der Waals surface area contributed by atoms with Crippen molar-refractivity contribution in [2.75, 3.05) is 6.54 Å². The van der Waals surface area contributed by atoms with E-state index in [1.165, 1.54) is 6.26 Å². The predicted molar refractivity (Wildman–Crippen MR) is 98.5 cm³/mol. The van der Waals surface area contributed by atoms with Crippen LogP contribution in [0.25, 0.3) is 10.8 Å². The number of aromatic nitrogens is 1. The van der Waals surface area contributed by atoms with E-state index in [1.54, 1.807) is 11.3 Å². The van der Waals surface area contributed by atoms with Gasteiger partial charge in [-0.1, -0.05) is 19.9 Å². The maximum absolute atomic E-state index is 11.9. The lowest BCUT2D eigenvalue weighted by atomic mass is 9.94. The summed E-state index contributed by atoms with van der Waals surface area (Å²) in [6.45, 7) is 4.54. The summed E-state index contributed by atoms with van der Waals surface area (Å²) in [5.74, 6) is 0.473. The van der Waals surface area contributed by atoms with E-state index in [1.807, 2.05) is 31.4 Å². The first-order valence-electron chi connectivity index (χ1n) is 7.10. The zero-order valence-corrected chi connectivity index (χ0v) is 15.7. The lowest BCUT2D eigenvalue weighted by Gasteiger charge is -2.26. The van der Waals surface area contributed by atoms with Crippen molar-refractivity contribution in [2.24, 2.45) is 5.73 Å². The molecule has 5 nitrogen and oxygen atoms in total. The number of nitrogens with two attached hydrogens (primary N) is 1. The standard InChI is InChI=1S/C15H21N3O2S.2ClH/c1-3-15(16,4-2)10-17-13(19)8-11-9-20-14(18-11)12-6-5-7-21-12;;/h5-7,9H,3-4,8,10,16H2,1-2H3,(H,17,19);2*1H. The number of amides is 1. The highest BCUT2D eigenvalue weighted by Gasteiger charge is 2.21. The van der Waals surface area contributed by atoms with Crippen LogP contribution in [0.15, 0.2) is 28.2 Å². The van der Waals surface area contributed by atoms with Crippen LogP contribution in [0, 0.1) is 0 Å². The van der Waals surface area contributed by atoms with Crippen molar-refractivity contribution in [2.45, 2.75) is 38.6 Å². The van der Waals surface area contributed by atoms with Gasteiger partial charge in [0.1, 0.15) is 6.26 Å². The molecule has 0 aliphatic rings. The predicted octanol–water partition coefficient (Wildman–Crippen LogP) is 3.42. The van der Waals surface area contributed by atoms with E-state index in [-0.39, 0.29) is 42.7 Å². The molecule has 0 atom stereocenters. The van der Waals surface area contributed by atoms with Gasteiger partial charge in [-0.15, -0.1) is 36.2 Å². The van der Waals surface area contributed by atoms with Crippen LogP contribution in [0.3, 0.4) is 0 Å². The van der Waals surface area contributed by atoms with Gasteiger partial charge in [-0.05, 0) is 24.3 Å². The van der Waals surface area contributed by atoms with Crippen LogP contribution in [0.2, 0.25) is 0 Å². The van der Waals surface area contributed by atoms with Gasteiger partial charge in [0.2, 0.25) is 11.8 Å². The van der Waals surface area contributed by atoms with Crippen molar-refractivity contribution in [3.63, 3.8) is 0 Å². The van der Waals surface area contributed by atoms with E-state index >= 15 is 0 Å². The zero-order valence-electron chi connectivity index (χ0n) is 13.2. The van der Waals surface area contributed by atoms with Gasteiger partial charge in [0.25, 0.3) is 0 Å². The smallest absolute Gasteiger partial charge is 0.236 e. The second kappa shape index (κ2) is 9.93. The molecule has 130 valence electrons. The molecule has 23 heavy (non-hydrogen) atoms. The van der Waals surface area contributed by atoms with Crippen LogP contribution in [-0.4, -0.2) is 23.0 Å². The van der Waals surface area contributed by atoms with E-state index in [0.29, 0.717) is 18.1 Å². The number of carbonyl (C=O) groups is 1. The molecule has 2 aromatic heterocycles. The molecule has 0 bridgehead atoms. The average Bonchev–Trinajstić information content (AvgIpc) is 3.15. The van der Waals surface area contributed by atoms with E-state index in [0.717, 1.165) is 17.7 Å². The summed E-state index contributed by atoms with van der Waals surface area (Å²) < 4.78 is 5.39. The summed E-state index contributed by atoms with van der Waals surface area (Å²) in [6, 6.07) is 3.87. The van der Waals surface area contributed by atoms with Crippen molar-refractivity contribution in [3.05, 3.63) is 29.5 Å². The number of nitrogens with one attached hydrogen (secondary N) is 1.